The van der Waals surface area contributed by atoms with E-state index < -0.39 is 11.5 Å². The van der Waals surface area contributed by atoms with Crippen LogP contribution in [0, 0.1) is 0 Å². The Morgan fingerprint density at radius 2 is 1.91 bits per heavy atom. The van der Waals surface area contributed by atoms with Crippen molar-refractivity contribution in [1.82, 2.24) is 9.47 Å². The molecule has 8 nitrogen and oxygen atoms in total. The van der Waals surface area contributed by atoms with Gasteiger partial charge in [0.15, 0.2) is 18.1 Å². The minimum absolute atomic E-state index is 0.0422. The molecule has 3 rings (SSSR count). The lowest BCUT2D eigenvalue weighted by atomic mass is 10.0. The lowest BCUT2D eigenvalue weighted by Crippen LogP contribution is -2.34. The number of amides is 2. The molecule has 2 amide bonds. The van der Waals surface area contributed by atoms with Crippen molar-refractivity contribution in [3.63, 3.8) is 0 Å². The van der Waals surface area contributed by atoms with Crippen molar-refractivity contribution in [3.05, 3.63) is 51.9 Å². The molecular formula is C25H33N3O5. The maximum atomic E-state index is 13.0. The van der Waals surface area contributed by atoms with Crippen molar-refractivity contribution in [1.29, 1.82) is 0 Å². The third-order valence-corrected chi connectivity index (χ3v) is 5.39. The third-order valence-electron chi connectivity index (χ3n) is 5.39. The first kappa shape index (κ1) is 24.4. The summed E-state index contributed by atoms with van der Waals surface area (Å²) in [4.78, 5) is 39.9. The van der Waals surface area contributed by atoms with Crippen molar-refractivity contribution in [2.24, 2.45) is 7.05 Å². The van der Waals surface area contributed by atoms with Crippen molar-refractivity contribution in [2.75, 3.05) is 25.0 Å². The van der Waals surface area contributed by atoms with Crippen LogP contribution in [0.15, 0.2) is 35.3 Å². The highest BCUT2D eigenvalue weighted by atomic mass is 16.5. The number of aryl methyl sites for hydroxylation is 1. The van der Waals surface area contributed by atoms with Crippen molar-refractivity contribution in [2.45, 2.75) is 52.6 Å². The second-order valence-electron chi connectivity index (χ2n) is 8.97. The highest BCUT2D eigenvalue weighted by Crippen LogP contribution is 2.41. The van der Waals surface area contributed by atoms with Crippen LogP contribution in [0.2, 0.25) is 0 Å². The number of para-hydroxylation sites is 1. The zero-order valence-corrected chi connectivity index (χ0v) is 20.1. The molecule has 1 aromatic heterocycles. The molecule has 0 radical (unpaired) electrons. The molecule has 0 fully saturated rings. The Balaban J connectivity index is 1.72. The van der Waals surface area contributed by atoms with E-state index in [4.69, 9.17) is 9.47 Å². The Bertz CT molecular complexity index is 1080. The van der Waals surface area contributed by atoms with Gasteiger partial charge in [-0.1, -0.05) is 26.0 Å². The van der Waals surface area contributed by atoms with Gasteiger partial charge in [0, 0.05) is 38.3 Å². The Labute approximate surface area is 194 Å². The number of rotatable bonds is 9. The third kappa shape index (κ3) is 5.74. The standard InChI is InChI=1S/C25H33N3O5/c1-6-11-28(12-7-2)23(30)18-13-19(24(31)27(5)15-18)26-21(29)16-32-20-10-8-9-17-14-25(3,4)33-22(17)20/h8-10,13,15H,6-7,11-12,14,16H2,1-5H3,(H,26,29). The second kappa shape index (κ2) is 10.1. The van der Waals surface area contributed by atoms with Gasteiger partial charge in [-0.05, 0) is 38.8 Å². The maximum Gasteiger partial charge on any atom is 0.274 e. The summed E-state index contributed by atoms with van der Waals surface area (Å²) in [5, 5.41) is 2.59. The second-order valence-corrected chi connectivity index (χ2v) is 8.97. The lowest BCUT2D eigenvalue weighted by Gasteiger charge is -2.22. The number of carbonyl (C=O) groups is 2. The molecule has 0 unspecified atom stereocenters. The van der Waals surface area contributed by atoms with Gasteiger partial charge in [-0.25, -0.2) is 0 Å². The van der Waals surface area contributed by atoms with E-state index >= 15 is 0 Å². The number of anilines is 1. The molecule has 178 valence electrons. The zero-order chi connectivity index (χ0) is 24.2. The number of hydrogen-bond donors (Lipinski definition) is 1. The fraction of sp³-hybridized carbons (Fsp3) is 0.480. The highest BCUT2D eigenvalue weighted by Gasteiger charge is 2.32. The van der Waals surface area contributed by atoms with Crippen LogP contribution in [0.3, 0.4) is 0 Å². The molecule has 2 aromatic rings. The van der Waals surface area contributed by atoms with Crippen LogP contribution in [-0.2, 0) is 18.3 Å². The van der Waals surface area contributed by atoms with Gasteiger partial charge in [-0.2, -0.15) is 0 Å². The number of ether oxygens (including phenoxy) is 2. The van der Waals surface area contributed by atoms with Gasteiger partial charge in [0.2, 0.25) is 0 Å². The predicted octanol–water partition coefficient (Wildman–Crippen LogP) is 3.38. The van der Waals surface area contributed by atoms with Crippen LogP contribution in [0.5, 0.6) is 11.5 Å². The molecule has 33 heavy (non-hydrogen) atoms. The van der Waals surface area contributed by atoms with E-state index in [0.717, 1.165) is 24.8 Å². The van der Waals surface area contributed by atoms with Crippen molar-refractivity contribution in [3.8, 4) is 11.5 Å². The molecule has 0 saturated carbocycles. The minimum Gasteiger partial charge on any atom is -0.483 e. The molecule has 2 heterocycles. The summed E-state index contributed by atoms with van der Waals surface area (Å²) < 4.78 is 13.0. The van der Waals surface area contributed by atoms with E-state index in [1.165, 1.54) is 16.8 Å². The molecule has 0 atom stereocenters. The van der Waals surface area contributed by atoms with Gasteiger partial charge in [0.1, 0.15) is 11.3 Å². The average Bonchev–Trinajstić information content (AvgIpc) is 3.09. The number of fused-ring (bicyclic) bond motifs is 1. The first-order valence-electron chi connectivity index (χ1n) is 11.4. The van der Waals surface area contributed by atoms with Gasteiger partial charge >= 0.3 is 0 Å². The average molecular weight is 456 g/mol. The quantitative estimate of drug-likeness (QED) is 0.626. The summed E-state index contributed by atoms with van der Waals surface area (Å²) in [6, 6.07) is 7.03. The zero-order valence-electron chi connectivity index (χ0n) is 20.1. The Morgan fingerprint density at radius 1 is 1.21 bits per heavy atom. The lowest BCUT2D eigenvalue weighted by molar-refractivity contribution is -0.118. The first-order valence-corrected chi connectivity index (χ1v) is 11.4. The fourth-order valence-electron chi connectivity index (χ4n) is 3.99. The van der Waals surface area contributed by atoms with Gasteiger partial charge in [-0.3, -0.25) is 14.4 Å². The molecule has 0 spiro atoms. The molecule has 1 aliphatic rings. The molecule has 0 bridgehead atoms. The summed E-state index contributed by atoms with van der Waals surface area (Å²) in [6.07, 6.45) is 3.93. The van der Waals surface area contributed by atoms with Gasteiger partial charge in [0.05, 0.1) is 5.56 Å². The number of pyridine rings is 1. The summed E-state index contributed by atoms with van der Waals surface area (Å²) in [6.45, 7) is 8.98. The SMILES string of the molecule is CCCN(CCC)C(=O)c1cc(NC(=O)COc2cccc3c2OC(C)(C)C3)c(=O)n(C)c1. The van der Waals surface area contributed by atoms with Crippen LogP contribution in [0.1, 0.15) is 56.5 Å². The van der Waals surface area contributed by atoms with Crippen LogP contribution < -0.4 is 20.3 Å². The number of carbonyl (C=O) groups excluding carboxylic acids is 2. The number of aromatic nitrogens is 1. The Hall–Kier alpha value is -3.29. The molecule has 0 aliphatic carbocycles. The maximum absolute atomic E-state index is 13.0. The summed E-state index contributed by atoms with van der Waals surface area (Å²) >= 11 is 0. The van der Waals surface area contributed by atoms with E-state index in [1.54, 1.807) is 18.0 Å². The van der Waals surface area contributed by atoms with E-state index in [-0.39, 0.29) is 23.8 Å². The largest absolute Gasteiger partial charge is 0.483 e. The van der Waals surface area contributed by atoms with E-state index in [0.29, 0.717) is 30.2 Å². The van der Waals surface area contributed by atoms with E-state index in [1.807, 2.05) is 39.8 Å². The topological polar surface area (TPSA) is 89.9 Å². The van der Waals surface area contributed by atoms with Crippen molar-refractivity contribution >= 4 is 17.5 Å². The van der Waals surface area contributed by atoms with E-state index in [9.17, 15) is 14.4 Å². The number of benzene rings is 1. The summed E-state index contributed by atoms with van der Waals surface area (Å²) in [5.74, 6) is 0.469. The normalized spacial score (nSPS) is 13.7. The Morgan fingerprint density at radius 3 is 2.58 bits per heavy atom. The number of hydrogen-bond acceptors (Lipinski definition) is 5. The molecule has 1 N–H and O–H groups in total. The van der Waals surface area contributed by atoms with Gasteiger partial charge in [-0.15, -0.1) is 0 Å². The van der Waals surface area contributed by atoms with Gasteiger partial charge in [0.25, 0.3) is 17.4 Å². The van der Waals surface area contributed by atoms with Crippen LogP contribution in [0.25, 0.3) is 0 Å². The van der Waals surface area contributed by atoms with E-state index in [2.05, 4.69) is 5.32 Å². The van der Waals surface area contributed by atoms with Crippen LogP contribution in [-0.4, -0.2) is 46.6 Å². The molecule has 1 aliphatic heterocycles. The molecule has 8 heteroatoms. The highest BCUT2D eigenvalue weighted by molar-refractivity contribution is 5.97. The monoisotopic (exact) mass is 455 g/mol. The number of nitrogens with one attached hydrogen (secondary N) is 1. The minimum atomic E-state index is -0.495. The molecule has 0 saturated heterocycles. The first-order chi connectivity index (χ1) is 15.6. The van der Waals surface area contributed by atoms with Crippen LogP contribution >= 0.6 is 0 Å². The Kier molecular flexibility index (Phi) is 7.46. The predicted molar refractivity (Wildman–Crippen MR) is 127 cm³/mol. The molecular weight excluding hydrogens is 422 g/mol. The van der Waals surface area contributed by atoms with Crippen LogP contribution in [0.4, 0.5) is 5.69 Å². The van der Waals surface area contributed by atoms with Crippen molar-refractivity contribution < 1.29 is 19.1 Å². The summed E-state index contributed by atoms with van der Waals surface area (Å²) in [7, 11) is 1.56. The summed E-state index contributed by atoms with van der Waals surface area (Å²) in [5.41, 5.74) is 0.698. The molecule has 1 aromatic carbocycles. The smallest absolute Gasteiger partial charge is 0.274 e. The number of nitrogens with zero attached hydrogens (tertiary/aromatic N) is 2. The van der Waals surface area contributed by atoms with Gasteiger partial charge < -0.3 is 24.3 Å². The fourth-order valence-corrected chi connectivity index (χ4v) is 3.99.